The number of carbonyl (C=O) groups is 5. The van der Waals surface area contributed by atoms with Gasteiger partial charge in [-0.15, -0.1) is 0 Å². The van der Waals surface area contributed by atoms with Gasteiger partial charge in [0.2, 0.25) is 11.8 Å². The predicted octanol–water partition coefficient (Wildman–Crippen LogP) is 4.02. The molecular weight excluding hydrogens is 676 g/mol. The maximum atomic E-state index is 14.2. The first-order chi connectivity index (χ1) is 25.1. The molecule has 1 fully saturated rings. The van der Waals surface area contributed by atoms with Crippen molar-refractivity contribution >= 4 is 29.4 Å². The molecule has 1 aromatic carbocycles. The average molecular weight is 745 g/mol. The number of nitrogens with zero attached hydrogens (tertiary/aromatic N) is 3. The van der Waals surface area contributed by atoms with Crippen molar-refractivity contribution in [1.29, 1.82) is 0 Å². The Morgan fingerprint density at radius 1 is 0.887 bits per heavy atom. The van der Waals surface area contributed by atoms with Gasteiger partial charge in [0.1, 0.15) is 5.78 Å². The number of rotatable bonds is 23. The van der Waals surface area contributed by atoms with E-state index in [0.29, 0.717) is 19.4 Å². The van der Waals surface area contributed by atoms with Crippen LogP contribution in [0.4, 0.5) is 0 Å². The molecular formula is C41H68N4O8. The van der Waals surface area contributed by atoms with Crippen LogP contribution in [-0.4, -0.2) is 130 Å². The molecule has 0 radical (unpaired) electrons. The molecule has 1 saturated heterocycles. The first-order valence-electron chi connectivity index (χ1n) is 19.2. The van der Waals surface area contributed by atoms with E-state index >= 15 is 0 Å². The zero-order chi connectivity index (χ0) is 40.0. The molecule has 1 aliphatic heterocycles. The van der Waals surface area contributed by atoms with Gasteiger partial charge in [-0.2, -0.15) is 0 Å². The summed E-state index contributed by atoms with van der Waals surface area (Å²) in [6.45, 7) is 10.4. The summed E-state index contributed by atoms with van der Waals surface area (Å²) in [4.78, 5) is 73.3. The lowest BCUT2D eigenvalue weighted by Crippen LogP contribution is -2.54. The van der Waals surface area contributed by atoms with Crippen LogP contribution in [0.2, 0.25) is 0 Å². The molecule has 12 heteroatoms. The van der Waals surface area contributed by atoms with Gasteiger partial charge in [-0.1, -0.05) is 71.4 Å². The number of nitrogens with two attached hydrogens (primary N) is 1. The minimum atomic E-state index is -0.704. The summed E-state index contributed by atoms with van der Waals surface area (Å²) < 4.78 is 17.0. The molecule has 0 spiro atoms. The van der Waals surface area contributed by atoms with E-state index in [-0.39, 0.29) is 73.1 Å². The van der Waals surface area contributed by atoms with Gasteiger partial charge in [-0.05, 0) is 50.8 Å². The molecule has 1 aliphatic rings. The third-order valence-corrected chi connectivity index (χ3v) is 11.3. The van der Waals surface area contributed by atoms with Crippen molar-refractivity contribution in [1.82, 2.24) is 14.7 Å². The summed E-state index contributed by atoms with van der Waals surface area (Å²) in [5.74, 6) is -2.89. The normalized spacial score (nSPS) is 19.2. The summed E-state index contributed by atoms with van der Waals surface area (Å²) in [5, 5.41) is 0. The van der Waals surface area contributed by atoms with Gasteiger partial charge in [0.25, 0.3) is 0 Å². The van der Waals surface area contributed by atoms with E-state index in [1.165, 1.54) is 7.11 Å². The lowest BCUT2D eigenvalue weighted by molar-refractivity contribution is -0.149. The van der Waals surface area contributed by atoms with Crippen LogP contribution in [-0.2, 0) is 44.6 Å². The number of benzene rings is 1. The van der Waals surface area contributed by atoms with Gasteiger partial charge in [0.05, 0.1) is 55.7 Å². The largest absolute Gasteiger partial charge is 0.469 e. The van der Waals surface area contributed by atoms with Crippen LogP contribution < -0.4 is 5.73 Å². The van der Waals surface area contributed by atoms with Crippen molar-refractivity contribution in [2.24, 2.45) is 35.3 Å². The maximum Gasteiger partial charge on any atom is 0.309 e. The molecule has 2 rings (SSSR count). The number of amides is 2. The van der Waals surface area contributed by atoms with Crippen LogP contribution in [0.15, 0.2) is 30.3 Å². The van der Waals surface area contributed by atoms with Crippen molar-refractivity contribution in [3.05, 3.63) is 35.9 Å². The zero-order valence-corrected chi connectivity index (χ0v) is 34.2. The number of likely N-dealkylation sites (N-methyl/N-ethyl adjacent to an activating group) is 2. The van der Waals surface area contributed by atoms with Crippen LogP contribution in [0.1, 0.15) is 78.7 Å². The highest BCUT2D eigenvalue weighted by Gasteiger charge is 2.43. The fourth-order valence-corrected chi connectivity index (χ4v) is 8.25. The van der Waals surface area contributed by atoms with Gasteiger partial charge in [0.15, 0.2) is 5.78 Å². The van der Waals surface area contributed by atoms with Crippen LogP contribution in [0.3, 0.4) is 0 Å². The zero-order valence-electron chi connectivity index (χ0n) is 34.2. The fraction of sp³-hybridized carbons (Fsp3) is 0.732. The number of Topliss-reactive ketones (excluding diaryl/α,β-unsaturated/α-hetero) is 2. The number of hydrogen-bond acceptors (Lipinski definition) is 10. The van der Waals surface area contributed by atoms with Gasteiger partial charge in [0, 0.05) is 53.1 Å². The average Bonchev–Trinajstić information content (AvgIpc) is 3.62. The Morgan fingerprint density at radius 3 is 2.02 bits per heavy atom. The summed E-state index contributed by atoms with van der Waals surface area (Å²) in [7, 11) is 9.86. The van der Waals surface area contributed by atoms with Crippen molar-refractivity contribution in [3.8, 4) is 0 Å². The second-order valence-electron chi connectivity index (χ2n) is 15.4. The number of likely N-dealkylation sites (tertiary alicyclic amines) is 1. The van der Waals surface area contributed by atoms with Crippen molar-refractivity contribution in [2.45, 2.75) is 110 Å². The summed E-state index contributed by atoms with van der Waals surface area (Å²) in [6.07, 6.45) is 1.34. The first kappa shape index (κ1) is 46.0. The molecule has 0 aromatic heterocycles. The van der Waals surface area contributed by atoms with Crippen molar-refractivity contribution < 1.29 is 38.2 Å². The van der Waals surface area contributed by atoms with Crippen LogP contribution >= 0.6 is 0 Å². The quantitative estimate of drug-likeness (QED) is 0.163. The summed E-state index contributed by atoms with van der Waals surface area (Å²) in [5.41, 5.74) is 7.05. The van der Waals surface area contributed by atoms with Crippen LogP contribution in [0, 0.1) is 29.6 Å². The van der Waals surface area contributed by atoms with Gasteiger partial charge < -0.3 is 29.7 Å². The third kappa shape index (κ3) is 12.4. The predicted molar refractivity (Wildman–Crippen MR) is 206 cm³/mol. The number of esters is 1. The number of methoxy groups -OCH3 is 3. The first-order valence-corrected chi connectivity index (χ1v) is 19.2. The third-order valence-electron chi connectivity index (χ3n) is 11.3. The molecule has 2 amide bonds. The lowest BCUT2D eigenvalue weighted by atomic mass is 9.85. The SMILES string of the molecule is CC[C@H](C)[C@@H]([C@@H](CC(=O)N1CCC[C@H]1[C@H](OC)[C@@H](C)C(=O)C[C@@H](Cc1ccccc1)C(=O)OC)OC)N(C)C(=O)[C@H](CN)CC(=O)[C@H](C(C)C)N(C)C. The minimum absolute atomic E-state index is 0.00534. The van der Waals surface area contributed by atoms with E-state index in [0.717, 1.165) is 18.4 Å². The Balaban J connectivity index is 2.25. The molecule has 0 unspecified atom stereocenters. The second kappa shape index (κ2) is 22.3. The second-order valence-corrected chi connectivity index (χ2v) is 15.4. The van der Waals surface area contributed by atoms with Gasteiger partial charge in [-0.3, -0.25) is 28.9 Å². The van der Waals surface area contributed by atoms with Crippen LogP contribution in [0.5, 0.6) is 0 Å². The Labute approximate surface area is 318 Å². The fourth-order valence-electron chi connectivity index (χ4n) is 8.25. The summed E-state index contributed by atoms with van der Waals surface area (Å²) >= 11 is 0. The van der Waals surface area contributed by atoms with E-state index in [9.17, 15) is 24.0 Å². The van der Waals surface area contributed by atoms with E-state index in [1.54, 1.807) is 38.0 Å². The number of ether oxygens (including phenoxy) is 3. The smallest absolute Gasteiger partial charge is 0.309 e. The van der Waals surface area contributed by atoms with Gasteiger partial charge >= 0.3 is 5.97 Å². The molecule has 53 heavy (non-hydrogen) atoms. The summed E-state index contributed by atoms with van der Waals surface area (Å²) in [6, 6.07) is 8.38. The highest BCUT2D eigenvalue weighted by Crippen LogP contribution is 2.31. The Bertz CT molecular complexity index is 1320. The van der Waals surface area contributed by atoms with Crippen LogP contribution in [0.25, 0.3) is 0 Å². The van der Waals surface area contributed by atoms with E-state index < -0.39 is 42.0 Å². The lowest BCUT2D eigenvalue weighted by Gasteiger charge is -2.40. The minimum Gasteiger partial charge on any atom is -0.469 e. The Kier molecular flexibility index (Phi) is 19.3. The highest BCUT2D eigenvalue weighted by atomic mass is 16.5. The topological polar surface area (TPSA) is 149 Å². The number of carbonyl (C=O) groups excluding carboxylic acids is 5. The number of ketones is 2. The van der Waals surface area contributed by atoms with Gasteiger partial charge in [-0.25, -0.2) is 0 Å². The molecule has 0 aliphatic carbocycles. The molecule has 0 bridgehead atoms. The molecule has 12 nitrogen and oxygen atoms in total. The highest BCUT2D eigenvalue weighted by molar-refractivity contribution is 5.90. The standard InChI is InChI=1S/C41H68N4O8/c1-12-27(4)38(44(8)40(49)31(25-42)23-34(47)37(26(2)3)43(6)7)35(51-9)24-36(48)45-20-16-19-32(45)39(52-10)28(5)33(46)22-30(41(50)53-11)21-29-17-14-13-15-18-29/h13-15,17-18,26-28,30-32,35,37-39H,12,16,19-25,42H2,1-11H3/t27-,28-,30+,31-,32-,35+,37-,38-,39+/m0/s1. The van der Waals surface area contributed by atoms with E-state index in [1.807, 2.05) is 77.0 Å². The van der Waals surface area contributed by atoms with Crippen molar-refractivity contribution in [3.63, 3.8) is 0 Å². The molecule has 300 valence electrons. The van der Waals surface area contributed by atoms with E-state index in [4.69, 9.17) is 19.9 Å². The molecule has 9 atom stereocenters. The molecule has 2 N–H and O–H groups in total. The number of hydrogen-bond donors (Lipinski definition) is 1. The molecule has 1 heterocycles. The Morgan fingerprint density at radius 2 is 1.51 bits per heavy atom. The van der Waals surface area contributed by atoms with E-state index in [2.05, 4.69) is 0 Å². The molecule has 0 saturated carbocycles. The maximum absolute atomic E-state index is 14.2. The molecule has 1 aromatic rings. The Hall–Kier alpha value is -3.19. The van der Waals surface area contributed by atoms with Crippen molar-refractivity contribution in [2.75, 3.05) is 55.6 Å². The monoisotopic (exact) mass is 745 g/mol.